The van der Waals surface area contributed by atoms with Gasteiger partial charge in [0.05, 0.1) is 17.6 Å². The summed E-state index contributed by atoms with van der Waals surface area (Å²) in [6.45, 7) is 6.64. The van der Waals surface area contributed by atoms with Crippen molar-refractivity contribution in [3.63, 3.8) is 0 Å². The van der Waals surface area contributed by atoms with Crippen LogP contribution in [-0.4, -0.2) is 26.8 Å². The minimum absolute atomic E-state index is 0.277. The van der Waals surface area contributed by atoms with Crippen molar-refractivity contribution in [2.45, 2.75) is 58.8 Å². The molecule has 4 aromatic rings. The van der Waals surface area contributed by atoms with Crippen molar-refractivity contribution >= 4 is 11.0 Å². The van der Waals surface area contributed by atoms with Gasteiger partial charge in [-0.2, -0.15) is 0 Å². The van der Waals surface area contributed by atoms with Crippen LogP contribution in [0.5, 0.6) is 5.88 Å². The summed E-state index contributed by atoms with van der Waals surface area (Å²) in [6, 6.07) is 16.4. The van der Waals surface area contributed by atoms with Crippen LogP contribution in [-0.2, 0) is 12.8 Å². The summed E-state index contributed by atoms with van der Waals surface area (Å²) in [6.07, 6.45) is 5.12. The molecule has 0 amide bonds. The average molecular weight is 431 g/mol. The number of rotatable bonds is 10. The van der Waals surface area contributed by atoms with Crippen LogP contribution in [0.15, 0.2) is 52.9 Å². The third-order valence-corrected chi connectivity index (χ3v) is 5.35. The van der Waals surface area contributed by atoms with Gasteiger partial charge < -0.3 is 9.15 Å². The van der Waals surface area contributed by atoms with Crippen LogP contribution in [0.2, 0.25) is 0 Å². The molecule has 0 saturated carbocycles. The van der Waals surface area contributed by atoms with Crippen molar-refractivity contribution in [2.75, 3.05) is 6.61 Å². The van der Waals surface area contributed by atoms with E-state index in [4.69, 9.17) is 19.1 Å². The van der Waals surface area contributed by atoms with Gasteiger partial charge in [-0.05, 0) is 49.9 Å². The second-order valence-corrected chi connectivity index (χ2v) is 8.25. The lowest BCUT2D eigenvalue weighted by Gasteiger charge is -2.11. The van der Waals surface area contributed by atoms with Crippen LogP contribution < -0.4 is 4.74 Å². The molecule has 0 unspecified atom stereocenters. The van der Waals surface area contributed by atoms with Gasteiger partial charge in [0.15, 0.2) is 0 Å². The van der Waals surface area contributed by atoms with Crippen molar-refractivity contribution in [2.24, 2.45) is 0 Å². The van der Waals surface area contributed by atoms with Crippen molar-refractivity contribution < 1.29 is 9.15 Å². The fourth-order valence-corrected chi connectivity index (χ4v) is 3.67. The van der Waals surface area contributed by atoms with Gasteiger partial charge in [-0.1, -0.05) is 50.6 Å². The van der Waals surface area contributed by atoms with Gasteiger partial charge in [-0.3, -0.25) is 0 Å². The monoisotopic (exact) mass is 430 g/mol. The van der Waals surface area contributed by atoms with E-state index in [0.717, 1.165) is 66.2 Å². The van der Waals surface area contributed by atoms with Crippen LogP contribution in [0.25, 0.3) is 22.3 Å². The number of hydrogen-bond donors (Lipinski definition) is 0. The van der Waals surface area contributed by atoms with Gasteiger partial charge >= 0.3 is 0 Å². The van der Waals surface area contributed by atoms with E-state index in [9.17, 15) is 0 Å². The first kappa shape index (κ1) is 21.9. The molecular formula is C26H30N4O2. The quantitative estimate of drug-likeness (QED) is 0.281. The predicted molar refractivity (Wildman–Crippen MR) is 126 cm³/mol. The lowest BCUT2D eigenvalue weighted by atomic mass is 10.0. The summed E-state index contributed by atoms with van der Waals surface area (Å²) in [5, 5.41) is 8.24. The van der Waals surface area contributed by atoms with Crippen molar-refractivity contribution in [3.8, 4) is 17.1 Å². The minimum Gasteiger partial charge on any atom is -0.476 e. The molecule has 2 aromatic heterocycles. The highest BCUT2D eigenvalue weighted by Crippen LogP contribution is 2.29. The molecule has 6 heteroatoms. The van der Waals surface area contributed by atoms with Gasteiger partial charge in [0.25, 0.3) is 0 Å². The molecule has 0 saturated heterocycles. The number of unbranched alkanes of at least 4 members (excludes halogenated alkanes) is 2. The maximum atomic E-state index is 5.82. The topological polar surface area (TPSA) is 73.9 Å². The Labute approximate surface area is 189 Å². The van der Waals surface area contributed by atoms with Crippen LogP contribution in [0.1, 0.15) is 63.3 Å². The van der Waals surface area contributed by atoms with Gasteiger partial charge in [0, 0.05) is 17.9 Å². The number of benzene rings is 2. The number of hydrogen-bond acceptors (Lipinski definition) is 6. The molecule has 166 valence electrons. The maximum absolute atomic E-state index is 5.82. The molecule has 0 aliphatic rings. The molecule has 0 N–H and O–H groups in total. The Morgan fingerprint density at radius 1 is 0.875 bits per heavy atom. The number of fused-ring (bicyclic) bond motifs is 1. The summed E-state index contributed by atoms with van der Waals surface area (Å²) < 4.78 is 11.5. The lowest BCUT2D eigenvalue weighted by Crippen LogP contribution is -2.00. The number of nitrogens with zero attached hydrogens (tertiary/aromatic N) is 4. The van der Waals surface area contributed by atoms with Gasteiger partial charge in [0.1, 0.15) is 5.69 Å². The summed E-state index contributed by atoms with van der Waals surface area (Å²) >= 11 is 0. The van der Waals surface area contributed by atoms with Crippen LogP contribution >= 0.6 is 0 Å². The molecular weight excluding hydrogens is 400 g/mol. The second kappa shape index (κ2) is 10.4. The Morgan fingerprint density at radius 3 is 2.41 bits per heavy atom. The van der Waals surface area contributed by atoms with Crippen LogP contribution in [0.3, 0.4) is 0 Å². The predicted octanol–water partition coefficient (Wildman–Crippen LogP) is 6.16. The SMILES string of the molecule is CCOc1nc2ccccc2nc1-c1cccc(CCCCCc2nnc(C(C)C)o2)c1. The first-order valence-electron chi connectivity index (χ1n) is 11.4. The van der Waals surface area contributed by atoms with E-state index in [1.807, 2.05) is 31.2 Å². The molecule has 0 aliphatic carbocycles. The molecule has 6 nitrogen and oxygen atoms in total. The van der Waals surface area contributed by atoms with E-state index in [0.29, 0.717) is 12.5 Å². The third kappa shape index (κ3) is 5.31. The summed E-state index contributed by atoms with van der Waals surface area (Å²) in [5.41, 5.74) is 4.84. The zero-order chi connectivity index (χ0) is 22.3. The molecule has 2 heterocycles. The van der Waals surface area contributed by atoms with E-state index in [-0.39, 0.29) is 5.92 Å². The van der Waals surface area contributed by atoms with Crippen LogP contribution in [0, 0.1) is 0 Å². The molecule has 2 aromatic carbocycles. The van der Waals surface area contributed by atoms with E-state index in [1.54, 1.807) is 0 Å². The number of ether oxygens (including phenoxy) is 1. The Hall–Kier alpha value is -3.28. The molecule has 0 aliphatic heterocycles. The van der Waals surface area contributed by atoms with E-state index in [1.165, 1.54) is 5.56 Å². The van der Waals surface area contributed by atoms with Gasteiger partial charge in [-0.25, -0.2) is 9.97 Å². The van der Waals surface area contributed by atoms with Gasteiger partial charge in [0.2, 0.25) is 17.7 Å². The fourth-order valence-electron chi connectivity index (χ4n) is 3.67. The van der Waals surface area contributed by atoms with E-state index in [2.05, 4.69) is 48.3 Å². The lowest BCUT2D eigenvalue weighted by molar-refractivity contribution is 0.328. The zero-order valence-electron chi connectivity index (χ0n) is 19.0. The normalized spacial score (nSPS) is 11.4. The minimum atomic E-state index is 0.277. The molecule has 4 rings (SSSR count). The fraction of sp³-hybridized carbons (Fsp3) is 0.385. The smallest absolute Gasteiger partial charge is 0.241 e. The summed E-state index contributed by atoms with van der Waals surface area (Å²) in [5.74, 6) is 2.33. The molecule has 0 atom stereocenters. The molecule has 0 bridgehead atoms. The number of para-hydroxylation sites is 2. The highest BCUT2D eigenvalue weighted by Gasteiger charge is 2.13. The Bertz CT molecular complexity index is 1170. The first-order chi connectivity index (χ1) is 15.6. The molecule has 0 fully saturated rings. The zero-order valence-corrected chi connectivity index (χ0v) is 19.0. The van der Waals surface area contributed by atoms with Crippen LogP contribution in [0.4, 0.5) is 0 Å². The standard InChI is InChI=1S/C26H30N4O2/c1-4-31-26-24(27-21-14-8-9-15-22(21)28-26)20-13-10-12-19(17-20)11-6-5-7-16-23-29-30-25(32-23)18(2)3/h8-10,12-15,17-18H,4-7,11,16H2,1-3H3. The van der Waals surface area contributed by atoms with Crippen molar-refractivity contribution in [1.29, 1.82) is 0 Å². The van der Waals surface area contributed by atoms with E-state index < -0.39 is 0 Å². The Kier molecular flexibility index (Phi) is 7.10. The number of aromatic nitrogens is 4. The summed E-state index contributed by atoms with van der Waals surface area (Å²) in [4.78, 5) is 9.55. The first-order valence-corrected chi connectivity index (χ1v) is 11.4. The average Bonchev–Trinajstić information content (AvgIpc) is 3.28. The maximum Gasteiger partial charge on any atom is 0.241 e. The summed E-state index contributed by atoms with van der Waals surface area (Å²) in [7, 11) is 0. The van der Waals surface area contributed by atoms with Crippen molar-refractivity contribution in [1.82, 2.24) is 20.2 Å². The van der Waals surface area contributed by atoms with Crippen molar-refractivity contribution in [3.05, 3.63) is 65.9 Å². The third-order valence-electron chi connectivity index (χ3n) is 5.35. The Balaban J connectivity index is 1.39. The molecule has 32 heavy (non-hydrogen) atoms. The van der Waals surface area contributed by atoms with E-state index >= 15 is 0 Å². The Morgan fingerprint density at radius 2 is 1.66 bits per heavy atom. The highest BCUT2D eigenvalue weighted by molar-refractivity contribution is 5.79. The highest BCUT2D eigenvalue weighted by atomic mass is 16.5. The van der Waals surface area contributed by atoms with Gasteiger partial charge in [-0.15, -0.1) is 10.2 Å². The molecule has 0 radical (unpaired) electrons. The number of aryl methyl sites for hydroxylation is 2. The molecule has 0 spiro atoms. The largest absolute Gasteiger partial charge is 0.476 e. The second-order valence-electron chi connectivity index (χ2n) is 8.25.